The zero-order valence-corrected chi connectivity index (χ0v) is 13.1. The number of carbonyl (C=O) groups excluding carboxylic acids is 2. The highest BCUT2D eigenvalue weighted by Gasteiger charge is 2.20. The van der Waals surface area contributed by atoms with Crippen molar-refractivity contribution in [3.63, 3.8) is 0 Å². The molecule has 0 aliphatic heterocycles. The molecule has 1 unspecified atom stereocenters. The summed E-state index contributed by atoms with van der Waals surface area (Å²) in [5, 5.41) is 3.09. The van der Waals surface area contributed by atoms with E-state index in [-0.39, 0.29) is 5.78 Å². The van der Waals surface area contributed by atoms with Crippen molar-refractivity contribution in [3.05, 3.63) is 64.7 Å². The van der Waals surface area contributed by atoms with Gasteiger partial charge in [0, 0.05) is 10.6 Å². The van der Waals surface area contributed by atoms with Gasteiger partial charge < -0.3 is 10.1 Å². The molecule has 0 heterocycles. The molecule has 0 fully saturated rings. The largest absolute Gasteiger partial charge is 0.496 e. The van der Waals surface area contributed by atoms with E-state index in [0.717, 1.165) is 0 Å². The van der Waals surface area contributed by atoms with Crippen molar-refractivity contribution in [2.75, 3.05) is 7.11 Å². The van der Waals surface area contributed by atoms with Crippen LogP contribution >= 0.6 is 11.6 Å². The van der Waals surface area contributed by atoms with Crippen LogP contribution in [0.2, 0.25) is 5.02 Å². The van der Waals surface area contributed by atoms with Crippen LogP contribution in [-0.4, -0.2) is 24.8 Å². The van der Waals surface area contributed by atoms with Crippen LogP contribution in [0.5, 0.6) is 5.75 Å². The molecule has 0 saturated carbocycles. The minimum absolute atomic E-state index is 0.157. The van der Waals surface area contributed by atoms with Gasteiger partial charge in [0.25, 0.3) is 5.91 Å². The second-order valence-corrected chi connectivity index (χ2v) is 5.21. The smallest absolute Gasteiger partial charge is 0.255 e. The van der Waals surface area contributed by atoms with Gasteiger partial charge in [-0.05, 0) is 25.1 Å². The van der Waals surface area contributed by atoms with Gasteiger partial charge in [-0.3, -0.25) is 9.59 Å². The molecular formula is C17H16ClNO3. The molecule has 114 valence electrons. The van der Waals surface area contributed by atoms with Crippen LogP contribution in [0.25, 0.3) is 0 Å². The number of ether oxygens (including phenoxy) is 1. The summed E-state index contributed by atoms with van der Waals surface area (Å²) in [5.41, 5.74) is 0.844. The molecule has 0 saturated heterocycles. The number of hydrogen-bond acceptors (Lipinski definition) is 3. The number of hydrogen-bond donors (Lipinski definition) is 1. The lowest BCUT2D eigenvalue weighted by Gasteiger charge is -2.14. The lowest BCUT2D eigenvalue weighted by molar-refractivity contribution is 0.0864. The Morgan fingerprint density at radius 1 is 1.14 bits per heavy atom. The lowest BCUT2D eigenvalue weighted by Crippen LogP contribution is -2.38. The second kappa shape index (κ2) is 7.09. The van der Waals surface area contributed by atoms with Crippen molar-refractivity contribution in [1.29, 1.82) is 0 Å². The molecule has 2 aromatic carbocycles. The molecule has 2 rings (SSSR count). The number of rotatable bonds is 5. The maximum Gasteiger partial charge on any atom is 0.255 e. The molecule has 0 bridgehead atoms. The van der Waals surface area contributed by atoms with Crippen molar-refractivity contribution in [1.82, 2.24) is 5.32 Å². The Balaban J connectivity index is 2.15. The summed E-state index contributed by atoms with van der Waals surface area (Å²) >= 11 is 5.91. The van der Waals surface area contributed by atoms with E-state index in [1.54, 1.807) is 43.3 Å². The number of nitrogens with one attached hydrogen (secondary N) is 1. The Bertz CT molecular complexity index is 686. The molecule has 2 aromatic rings. The monoisotopic (exact) mass is 317 g/mol. The highest BCUT2D eigenvalue weighted by atomic mass is 35.5. The molecule has 0 aliphatic rings. The minimum atomic E-state index is -0.654. The van der Waals surface area contributed by atoms with Crippen LogP contribution in [0.3, 0.4) is 0 Å². The van der Waals surface area contributed by atoms with E-state index in [0.29, 0.717) is 21.9 Å². The molecular weight excluding hydrogens is 302 g/mol. The number of ketones is 1. The van der Waals surface area contributed by atoms with Crippen LogP contribution < -0.4 is 10.1 Å². The molecule has 1 amide bonds. The molecule has 22 heavy (non-hydrogen) atoms. The average molecular weight is 318 g/mol. The van der Waals surface area contributed by atoms with E-state index in [4.69, 9.17) is 16.3 Å². The number of benzene rings is 2. The van der Waals surface area contributed by atoms with E-state index < -0.39 is 11.9 Å². The fourth-order valence-corrected chi connectivity index (χ4v) is 2.22. The predicted octanol–water partition coefficient (Wildman–Crippen LogP) is 3.35. The first-order valence-electron chi connectivity index (χ1n) is 6.76. The molecule has 1 N–H and O–H groups in total. The van der Waals surface area contributed by atoms with Crippen LogP contribution in [0, 0.1) is 0 Å². The molecule has 0 aliphatic carbocycles. The summed E-state index contributed by atoms with van der Waals surface area (Å²) < 4.78 is 5.14. The summed E-state index contributed by atoms with van der Waals surface area (Å²) in [5.74, 6) is -0.160. The third-order valence-corrected chi connectivity index (χ3v) is 3.44. The highest BCUT2D eigenvalue weighted by Crippen LogP contribution is 2.22. The summed E-state index contributed by atoms with van der Waals surface area (Å²) in [4.78, 5) is 24.6. The van der Waals surface area contributed by atoms with Gasteiger partial charge in [-0.1, -0.05) is 41.9 Å². The van der Waals surface area contributed by atoms with Gasteiger partial charge in [-0.25, -0.2) is 0 Å². The summed E-state index contributed by atoms with van der Waals surface area (Å²) in [6, 6.07) is 12.9. The third kappa shape index (κ3) is 3.65. The first-order valence-corrected chi connectivity index (χ1v) is 7.14. The molecule has 0 radical (unpaired) electrons. The SMILES string of the molecule is COc1ccc(Cl)cc1C(=O)NC(C)C(=O)c1ccccc1. The topological polar surface area (TPSA) is 55.4 Å². The Hall–Kier alpha value is -2.33. The maximum atomic E-state index is 12.3. The van der Waals surface area contributed by atoms with Crippen molar-refractivity contribution >= 4 is 23.3 Å². The Kier molecular flexibility index (Phi) is 5.17. The standard InChI is InChI=1S/C17H16ClNO3/c1-11(16(20)12-6-4-3-5-7-12)19-17(21)14-10-13(18)8-9-15(14)22-2/h3-11H,1-2H3,(H,19,21). The van der Waals surface area contributed by atoms with Crippen LogP contribution in [0.15, 0.2) is 48.5 Å². The molecule has 0 aromatic heterocycles. The number of amides is 1. The van der Waals surface area contributed by atoms with E-state index in [2.05, 4.69) is 5.32 Å². The van der Waals surface area contributed by atoms with Gasteiger partial charge in [-0.15, -0.1) is 0 Å². The zero-order valence-electron chi connectivity index (χ0n) is 12.3. The number of halogens is 1. The van der Waals surface area contributed by atoms with Gasteiger partial charge in [0.1, 0.15) is 5.75 Å². The van der Waals surface area contributed by atoms with Crippen molar-refractivity contribution in [3.8, 4) is 5.75 Å². The Morgan fingerprint density at radius 3 is 2.45 bits per heavy atom. The average Bonchev–Trinajstić information content (AvgIpc) is 2.54. The fraction of sp³-hybridized carbons (Fsp3) is 0.176. The van der Waals surface area contributed by atoms with Gasteiger partial charge in [-0.2, -0.15) is 0 Å². The quantitative estimate of drug-likeness (QED) is 0.860. The zero-order chi connectivity index (χ0) is 16.1. The minimum Gasteiger partial charge on any atom is -0.496 e. The Labute approximate surface area is 134 Å². The predicted molar refractivity (Wildman–Crippen MR) is 85.7 cm³/mol. The third-order valence-electron chi connectivity index (χ3n) is 3.21. The summed E-state index contributed by atoms with van der Waals surface area (Å²) in [6.07, 6.45) is 0. The maximum absolute atomic E-state index is 12.3. The van der Waals surface area contributed by atoms with Crippen molar-refractivity contribution in [2.24, 2.45) is 0 Å². The van der Waals surface area contributed by atoms with Crippen molar-refractivity contribution < 1.29 is 14.3 Å². The lowest BCUT2D eigenvalue weighted by atomic mass is 10.0. The van der Waals surface area contributed by atoms with Gasteiger partial charge in [0.15, 0.2) is 5.78 Å². The Morgan fingerprint density at radius 2 is 1.82 bits per heavy atom. The molecule has 4 nitrogen and oxygen atoms in total. The molecule has 1 atom stereocenters. The van der Waals surface area contributed by atoms with Crippen LogP contribution in [0.1, 0.15) is 27.6 Å². The first-order chi connectivity index (χ1) is 10.5. The summed E-state index contributed by atoms with van der Waals surface area (Å²) in [6.45, 7) is 1.64. The van der Waals surface area contributed by atoms with E-state index in [1.807, 2.05) is 6.07 Å². The number of Topliss-reactive ketones (excluding diaryl/α,β-unsaturated/α-hetero) is 1. The van der Waals surface area contributed by atoms with Gasteiger partial charge in [0.05, 0.1) is 18.7 Å². The van der Waals surface area contributed by atoms with Crippen LogP contribution in [-0.2, 0) is 0 Å². The summed E-state index contributed by atoms with van der Waals surface area (Å²) in [7, 11) is 1.47. The van der Waals surface area contributed by atoms with E-state index >= 15 is 0 Å². The van der Waals surface area contributed by atoms with Gasteiger partial charge in [0.2, 0.25) is 0 Å². The first kappa shape index (κ1) is 16.0. The van der Waals surface area contributed by atoms with Crippen molar-refractivity contribution in [2.45, 2.75) is 13.0 Å². The number of methoxy groups -OCH3 is 1. The van der Waals surface area contributed by atoms with E-state index in [9.17, 15) is 9.59 Å². The normalized spacial score (nSPS) is 11.6. The molecule has 5 heteroatoms. The second-order valence-electron chi connectivity index (χ2n) is 4.77. The van der Waals surface area contributed by atoms with E-state index in [1.165, 1.54) is 13.2 Å². The molecule has 0 spiro atoms. The highest BCUT2D eigenvalue weighted by molar-refractivity contribution is 6.31. The van der Waals surface area contributed by atoms with Gasteiger partial charge >= 0.3 is 0 Å². The fourth-order valence-electron chi connectivity index (χ4n) is 2.05. The van der Waals surface area contributed by atoms with Crippen LogP contribution in [0.4, 0.5) is 0 Å². The number of carbonyl (C=O) groups is 2.